The van der Waals surface area contributed by atoms with Gasteiger partial charge in [-0.2, -0.15) is 0 Å². The molecule has 33 heavy (non-hydrogen) atoms. The fourth-order valence-electron chi connectivity index (χ4n) is 10.3. The second-order valence-electron chi connectivity index (χ2n) is 14.5. The number of aliphatic hydroxyl groups is 2. The average molecular weight is 459 g/mol. The van der Waals surface area contributed by atoms with E-state index in [0.29, 0.717) is 12.3 Å². The van der Waals surface area contributed by atoms with Crippen molar-refractivity contribution in [1.82, 2.24) is 0 Å². The molecule has 0 bridgehead atoms. The van der Waals surface area contributed by atoms with Crippen LogP contribution < -0.4 is 0 Å². The van der Waals surface area contributed by atoms with Gasteiger partial charge in [-0.1, -0.05) is 46.3 Å². The molecule has 0 saturated heterocycles. The minimum atomic E-state index is -1.03. The first-order chi connectivity index (χ1) is 15.1. The monoisotopic (exact) mass is 458 g/mol. The van der Waals surface area contributed by atoms with Crippen LogP contribution in [0.4, 0.5) is 0 Å². The van der Waals surface area contributed by atoms with Gasteiger partial charge < -0.3 is 15.3 Å². The number of carboxylic acid groups (broad SMARTS) is 1. The van der Waals surface area contributed by atoms with Crippen molar-refractivity contribution in [2.24, 2.45) is 44.8 Å². The van der Waals surface area contributed by atoms with Crippen LogP contribution in [0.3, 0.4) is 0 Å². The van der Waals surface area contributed by atoms with Gasteiger partial charge in [-0.3, -0.25) is 4.79 Å². The number of carbonyl (C=O) groups is 1. The van der Waals surface area contributed by atoms with Crippen molar-refractivity contribution in [3.05, 3.63) is 11.6 Å². The molecule has 0 amide bonds. The van der Waals surface area contributed by atoms with E-state index >= 15 is 0 Å². The normalized spacial score (nSPS) is 55.3. The molecule has 0 aliphatic heterocycles. The van der Waals surface area contributed by atoms with Crippen LogP contribution >= 0.6 is 0 Å². The molecule has 0 aromatic rings. The standard InChI is InChI=1S/C29H46O4/c1-24(2)13-15-29(23(31)32)16-14-26(4)18(19(29)17-24)7-8-20-25(3)11-10-22(30)28(6,33)21(25)9-12-27(20,26)5/h7,19-22,30,33H,8-17H2,1-6H3,(H,31,32)/t19-,20-,21-,22-,25+,26+,27+,28-,29-/m0/s1. The predicted octanol–water partition coefficient (Wildman–Crippen LogP) is 5.96. The van der Waals surface area contributed by atoms with Crippen molar-refractivity contribution in [2.75, 3.05) is 0 Å². The first-order valence-corrected chi connectivity index (χ1v) is 13.5. The summed E-state index contributed by atoms with van der Waals surface area (Å²) in [4.78, 5) is 12.7. The van der Waals surface area contributed by atoms with Crippen LogP contribution in [0.2, 0.25) is 0 Å². The van der Waals surface area contributed by atoms with Crippen molar-refractivity contribution in [1.29, 1.82) is 0 Å². The minimum Gasteiger partial charge on any atom is -0.481 e. The van der Waals surface area contributed by atoms with Crippen molar-refractivity contribution < 1.29 is 20.1 Å². The van der Waals surface area contributed by atoms with Crippen molar-refractivity contribution in [2.45, 2.75) is 117 Å². The number of hydrogen-bond donors (Lipinski definition) is 3. The van der Waals surface area contributed by atoms with Crippen LogP contribution in [0.25, 0.3) is 0 Å². The van der Waals surface area contributed by atoms with Gasteiger partial charge in [0, 0.05) is 0 Å². The Kier molecular flexibility index (Phi) is 4.97. The zero-order chi connectivity index (χ0) is 24.2. The molecule has 0 unspecified atom stereocenters. The molecule has 0 heterocycles. The highest BCUT2D eigenvalue weighted by molar-refractivity contribution is 5.76. The number of aliphatic carboxylic acids is 1. The van der Waals surface area contributed by atoms with Gasteiger partial charge in [0.05, 0.1) is 17.1 Å². The minimum absolute atomic E-state index is 0.00283. The van der Waals surface area contributed by atoms with Crippen molar-refractivity contribution in [3.63, 3.8) is 0 Å². The van der Waals surface area contributed by atoms with Crippen molar-refractivity contribution in [3.8, 4) is 0 Å². The third-order valence-electron chi connectivity index (χ3n) is 12.7. The Bertz CT molecular complexity index is 888. The topological polar surface area (TPSA) is 77.8 Å². The summed E-state index contributed by atoms with van der Waals surface area (Å²) in [7, 11) is 0. The Morgan fingerprint density at radius 1 is 0.909 bits per heavy atom. The number of rotatable bonds is 1. The van der Waals surface area contributed by atoms with Crippen LogP contribution in [-0.2, 0) is 4.79 Å². The summed E-state index contributed by atoms with van der Waals surface area (Å²) in [6.07, 6.45) is 10.9. The Hall–Kier alpha value is -0.870. The van der Waals surface area contributed by atoms with E-state index < -0.39 is 23.1 Å². The summed E-state index contributed by atoms with van der Waals surface area (Å²) >= 11 is 0. The van der Waals surface area contributed by atoms with E-state index in [0.717, 1.165) is 57.8 Å². The maximum atomic E-state index is 12.7. The van der Waals surface area contributed by atoms with Gasteiger partial charge in [0.2, 0.25) is 0 Å². The maximum absolute atomic E-state index is 12.7. The van der Waals surface area contributed by atoms with Gasteiger partial charge in [-0.05, 0) is 111 Å². The van der Waals surface area contributed by atoms with E-state index in [1.165, 1.54) is 5.57 Å². The molecule has 4 nitrogen and oxygen atoms in total. The molecule has 9 atom stereocenters. The van der Waals surface area contributed by atoms with Gasteiger partial charge in [-0.15, -0.1) is 0 Å². The fourth-order valence-corrected chi connectivity index (χ4v) is 10.3. The van der Waals surface area contributed by atoms with Gasteiger partial charge in [0.25, 0.3) is 0 Å². The fraction of sp³-hybridized carbons (Fsp3) is 0.897. The number of fused-ring (bicyclic) bond motifs is 7. The van der Waals surface area contributed by atoms with Crippen LogP contribution in [0.1, 0.15) is 106 Å². The molecule has 4 saturated carbocycles. The molecule has 5 rings (SSSR count). The van der Waals surface area contributed by atoms with E-state index in [1.54, 1.807) is 0 Å². The molecule has 5 aliphatic rings. The SMILES string of the molecule is CC1(C)CC[C@]2(C(=O)O)CC[C@]3(C)C(=CC[C@H]4[C@@]5(C)CC[C@H](O)[C@@](C)(O)[C@H]5CC[C@]43C)[C@@H]2C1. The lowest BCUT2D eigenvalue weighted by Gasteiger charge is -2.70. The van der Waals surface area contributed by atoms with Crippen molar-refractivity contribution >= 4 is 5.97 Å². The average Bonchev–Trinajstić information content (AvgIpc) is 2.71. The summed E-state index contributed by atoms with van der Waals surface area (Å²) in [5.41, 5.74) is 0.0976. The second kappa shape index (κ2) is 6.87. The van der Waals surface area contributed by atoms with Gasteiger partial charge in [-0.25, -0.2) is 0 Å². The highest BCUT2D eigenvalue weighted by Crippen LogP contribution is 2.75. The summed E-state index contributed by atoms with van der Waals surface area (Å²) < 4.78 is 0. The molecular formula is C29H46O4. The lowest BCUT2D eigenvalue weighted by atomic mass is 9.34. The quantitative estimate of drug-likeness (QED) is 0.424. The van der Waals surface area contributed by atoms with Gasteiger partial charge >= 0.3 is 5.97 Å². The number of aliphatic hydroxyl groups excluding tert-OH is 1. The largest absolute Gasteiger partial charge is 0.481 e. The second-order valence-corrected chi connectivity index (χ2v) is 14.5. The molecular weight excluding hydrogens is 412 g/mol. The molecule has 4 heteroatoms. The molecule has 0 radical (unpaired) electrons. The molecule has 0 aromatic carbocycles. The van der Waals surface area contributed by atoms with E-state index in [1.807, 2.05) is 6.92 Å². The van der Waals surface area contributed by atoms with Gasteiger partial charge in [0.15, 0.2) is 0 Å². The highest BCUT2D eigenvalue weighted by Gasteiger charge is 2.69. The van der Waals surface area contributed by atoms with Crippen LogP contribution in [-0.4, -0.2) is 33.0 Å². The molecule has 4 fully saturated rings. The Morgan fingerprint density at radius 3 is 2.24 bits per heavy atom. The molecule has 0 aromatic heterocycles. The van der Waals surface area contributed by atoms with E-state index in [4.69, 9.17) is 0 Å². The molecule has 0 spiro atoms. The zero-order valence-corrected chi connectivity index (χ0v) is 21.7. The maximum Gasteiger partial charge on any atom is 0.310 e. The Labute approximate surface area is 200 Å². The third-order valence-corrected chi connectivity index (χ3v) is 12.7. The predicted molar refractivity (Wildman–Crippen MR) is 130 cm³/mol. The summed E-state index contributed by atoms with van der Waals surface area (Å²) in [6, 6.07) is 0. The Morgan fingerprint density at radius 2 is 1.58 bits per heavy atom. The lowest BCUT2D eigenvalue weighted by molar-refractivity contribution is -0.234. The van der Waals surface area contributed by atoms with Crippen LogP contribution in [0.5, 0.6) is 0 Å². The van der Waals surface area contributed by atoms with Crippen LogP contribution in [0.15, 0.2) is 11.6 Å². The number of carboxylic acids is 1. The Balaban J connectivity index is 1.60. The van der Waals surface area contributed by atoms with Crippen LogP contribution in [0, 0.1) is 44.8 Å². The molecule has 186 valence electrons. The summed E-state index contributed by atoms with van der Waals surface area (Å²) in [5, 5.41) is 32.4. The van der Waals surface area contributed by atoms with E-state index in [2.05, 4.69) is 40.7 Å². The van der Waals surface area contributed by atoms with E-state index in [9.17, 15) is 20.1 Å². The highest BCUT2D eigenvalue weighted by atomic mass is 16.4. The first kappa shape index (κ1) is 23.9. The summed E-state index contributed by atoms with van der Waals surface area (Å²) in [5.74, 6) is 0.120. The molecule has 5 aliphatic carbocycles. The zero-order valence-electron chi connectivity index (χ0n) is 21.7. The number of allylic oxidation sites excluding steroid dienone is 2. The first-order valence-electron chi connectivity index (χ1n) is 13.5. The summed E-state index contributed by atoms with van der Waals surface area (Å²) in [6.45, 7) is 13.8. The third kappa shape index (κ3) is 2.86. The molecule has 3 N–H and O–H groups in total. The van der Waals surface area contributed by atoms with E-state index in [-0.39, 0.29) is 33.5 Å². The lowest BCUT2D eigenvalue weighted by Crippen LogP contribution is -2.67. The smallest absolute Gasteiger partial charge is 0.310 e. The number of hydrogen-bond acceptors (Lipinski definition) is 3. The van der Waals surface area contributed by atoms with Gasteiger partial charge in [0.1, 0.15) is 0 Å².